The van der Waals surface area contributed by atoms with Crippen molar-refractivity contribution in [2.24, 2.45) is 5.73 Å². The van der Waals surface area contributed by atoms with E-state index in [1.807, 2.05) is 12.3 Å². The summed E-state index contributed by atoms with van der Waals surface area (Å²) in [6.07, 6.45) is 1.08. The summed E-state index contributed by atoms with van der Waals surface area (Å²) in [4.78, 5) is 20.8. The lowest BCUT2D eigenvalue weighted by Gasteiger charge is -2.06. The number of halogens is 1. The highest BCUT2D eigenvalue weighted by Crippen LogP contribution is 2.38. The van der Waals surface area contributed by atoms with E-state index < -0.39 is 0 Å². The summed E-state index contributed by atoms with van der Waals surface area (Å²) in [5.74, 6) is 0.925. The maximum atomic E-state index is 13.2. The van der Waals surface area contributed by atoms with Crippen molar-refractivity contribution in [1.29, 1.82) is 0 Å². The number of aromatic nitrogens is 2. The average Bonchev–Trinajstić information content (AvgIpc) is 2.95. The van der Waals surface area contributed by atoms with E-state index in [1.165, 1.54) is 12.1 Å². The van der Waals surface area contributed by atoms with E-state index in [1.54, 1.807) is 35.2 Å². The first-order chi connectivity index (χ1) is 11.5. The molecule has 0 spiro atoms. The monoisotopic (exact) mass is 361 g/mol. The van der Waals surface area contributed by atoms with Crippen molar-refractivity contribution in [3.63, 3.8) is 0 Å². The summed E-state index contributed by atoms with van der Waals surface area (Å²) >= 11 is 3.15. The van der Waals surface area contributed by atoms with E-state index in [0.29, 0.717) is 18.7 Å². The maximum Gasteiger partial charge on any atom is 0.217 e. The van der Waals surface area contributed by atoms with Crippen molar-refractivity contribution in [2.45, 2.75) is 24.8 Å². The zero-order valence-electron chi connectivity index (χ0n) is 13.1. The van der Waals surface area contributed by atoms with Crippen LogP contribution in [0.25, 0.3) is 21.3 Å². The van der Waals surface area contributed by atoms with E-state index in [0.717, 1.165) is 32.1 Å². The molecule has 0 radical (unpaired) electrons. The van der Waals surface area contributed by atoms with E-state index in [-0.39, 0.29) is 11.7 Å². The van der Waals surface area contributed by atoms with E-state index in [9.17, 15) is 9.18 Å². The first kappa shape index (κ1) is 16.9. The SMILES string of the molecule is Cc1nc(SCCCC(N)=O)c2c(-c3ccc(F)cc3)csc2n1. The number of rotatable bonds is 6. The van der Waals surface area contributed by atoms with Crippen LogP contribution in [0.3, 0.4) is 0 Å². The number of thioether (sulfide) groups is 1. The number of amides is 1. The van der Waals surface area contributed by atoms with Crippen LogP contribution < -0.4 is 5.73 Å². The summed E-state index contributed by atoms with van der Waals surface area (Å²) in [5.41, 5.74) is 7.13. The number of hydrogen-bond donors (Lipinski definition) is 1. The molecule has 2 aromatic heterocycles. The van der Waals surface area contributed by atoms with Gasteiger partial charge < -0.3 is 5.73 Å². The maximum absolute atomic E-state index is 13.2. The predicted molar refractivity (Wildman–Crippen MR) is 96.7 cm³/mol. The van der Waals surface area contributed by atoms with Crippen LogP contribution in [-0.2, 0) is 4.79 Å². The molecule has 0 saturated heterocycles. The van der Waals surface area contributed by atoms with Crippen molar-refractivity contribution in [1.82, 2.24) is 9.97 Å². The van der Waals surface area contributed by atoms with E-state index in [2.05, 4.69) is 9.97 Å². The van der Waals surface area contributed by atoms with Gasteiger partial charge in [-0.3, -0.25) is 4.79 Å². The van der Waals surface area contributed by atoms with Crippen LogP contribution >= 0.6 is 23.1 Å². The van der Waals surface area contributed by atoms with Crippen LogP contribution in [0.15, 0.2) is 34.7 Å². The van der Waals surface area contributed by atoms with Gasteiger partial charge >= 0.3 is 0 Å². The van der Waals surface area contributed by atoms with Gasteiger partial charge in [-0.15, -0.1) is 23.1 Å². The van der Waals surface area contributed by atoms with Crippen LogP contribution in [0.2, 0.25) is 0 Å². The standard InChI is InChI=1S/C17H16FN3OS2/c1-10-20-16(23-8-2-3-14(19)22)15-13(9-24-17(15)21-10)11-4-6-12(18)7-5-11/h4-7,9H,2-3,8H2,1H3,(H2,19,22). The second kappa shape index (κ2) is 7.27. The van der Waals surface area contributed by atoms with Crippen molar-refractivity contribution < 1.29 is 9.18 Å². The minimum atomic E-state index is -0.290. The lowest BCUT2D eigenvalue weighted by atomic mass is 10.1. The van der Waals surface area contributed by atoms with Gasteiger partial charge in [0.2, 0.25) is 5.91 Å². The molecule has 24 heavy (non-hydrogen) atoms. The Labute approximate surface area is 147 Å². The topological polar surface area (TPSA) is 68.9 Å². The quantitative estimate of drug-likeness (QED) is 0.406. The molecular weight excluding hydrogens is 345 g/mol. The average molecular weight is 361 g/mol. The summed E-state index contributed by atoms with van der Waals surface area (Å²) in [5, 5.41) is 3.91. The highest BCUT2D eigenvalue weighted by molar-refractivity contribution is 7.99. The van der Waals surface area contributed by atoms with Gasteiger partial charge in [0.25, 0.3) is 0 Å². The molecular formula is C17H16FN3OS2. The van der Waals surface area contributed by atoms with Gasteiger partial charge in [0.1, 0.15) is 21.5 Å². The van der Waals surface area contributed by atoms with Crippen molar-refractivity contribution in [3.05, 3.63) is 41.3 Å². The van der Waals surface area contributed by atoms with Crippen molar-refractivity contribution in [2.75, 3.05) is 5.75 Å². The molecule has 0 aliphatic carbocycles. The lowest BCUT2D eigenvalue weighted by molar-refractivity contribution is -0.118. The summed E-state index contributed by atoms with van der Waals surface area (Å²) in [6, 6.07) is 6.43. The molecule has 0 saturated carbocycles. The molecule has 0 aliphatic heterocycles. The number of fused-ring (bicyclic) bond motifs is 1. The number of aryl methyl sites for hydroxylation is 1. The zero-order valence-corrected chi connectivity index (χ0v) is 14.7. The fraction of sp³-hybridized carbons (Fsp3) is 0.235. The first-order valence-corrected chi connectivity index (χ1v) is 9.34. The molecule has 1 aromatic carbocycles. The summed E-state index contributed by atoms with van der Waals surface area (Å²) in [7, 11) is 0. The Morgan fingerprint density at radius 3 is 2.75 bits per heavy atom. The van der Waals surface area contributed by atoms with Gasteiger partial charge in [0.05, 0.1) is 5.39 Å². The predicted octanol–water partition coefficient (Wildman–Crippen LogP) is 4.16. The molecule has 7 heteroatoms. The molecule has 0 aliphatic rings. The number of nitrogens with two attached hydrogens (primary N) is 1. The van der Waals surface area contributed by atoms with Crippen molar-refractivity contribution >= 4 is 39.2 Å². The van der Waals surface area contributed by atoms with Gasteiger partial charge in [-0.1, -0.05) is 12.1 Å². The molecule has 0 fully saturated rings. The first-order valence-electron chi connectivity index (χ1n) is 7.47. The fourth-order valence-electron chi connectivity index (χ4n) is 2.37. The minimum absolute atomic E-state index is 0.258. The third-order valence-corrected chi connectivity index (χ3v) is 5.41. The third kappa shape index (κ3) is 3.73. The lowest BCUT2D eigenvalue weighted by Crippen LogP contribution is -2.10. The summed E-state index contributed by atoms with van der Waals surface area (Å²) in [6.45, 7) is 1.87. The molecule has 1 amide bonds. The fourth-order valence-corrected chi connectivity index (χ4v) is 4.46. The largest absolute Gasteiger partial charge is 0.370 e. The van der Waals surface area contributed by atoms with E-state index in [4.69, 9.17) is 5.73 Å². The number of hydrogen-bond acceptors (Lipinski definition) is 5. The number of carbonyl (C=O) groups excluding carboxylic acids is 1. The molecule has 4 nitrogen and oxygen atoms in total. The smallest absolute Gasteiger partial charge is 0.217 e. The molecule has 0 bridgehead atoms. The third-order valence-electron chi connectivity index (χ3n) is 3.47. The van der Waals surface area contributed by atoms with Crippen LogP contribution in [0, 0.1) is 12.7 Å². The number of thiophene rings is 1. The number of carbonyl (C=O) groups is 1. The molecule has 124 valence electrons. The Kier molecular flexibility index (Phi) is 5.11. The molecule has 2 N–H and O–H groups in total. The molecule has 3 aromatic rings. The van der Waals surface area contributed by atoms with Crippen LogP contribution in [0.5, 0.6) is 0 Å². The molecule has 2 heterocycles. The van der Waals surface area contributed by atoms with Gasteiger partial charge in [-0.05, 0) is 31.0 Å². The van der Waals surface area contributed by atoms with Gasteiger partial charge in [-0.25, -0.2) is 14.4 Å². The second-order valence-electron chi connectivity index (χ2n) is 5.33. The van der Waals surface area contributed by atoms with Crippen LogP contribution in [-0.4, -0.2) is 21.6 Å². The number of primary amides is 1. The van der Waals surface area contributed by atoms with E-state index >= 15 is 0 Å². The zero-order chi connectivity index (χ0) is 17.1. The van der Waals surface area contributed by atoms with Crippen molar-refractivity contribution in [3.8, 4) is 11.1 Å². The Morgan fingerprint density at radius 2 is 2.04 bits per heavy atom. The Bertz CT molecular complexity index is 877. The number of benzene rings is 1. The highest BCUT2D eigenvalue weighted by Gasteiger charge is 2.15. The Hall–Kier alpha value is -1.99. The molecule has 3 rings (SSSR count). The highest BCUT2D eigenvalue weighted by atomic mass is 32.2. The minimum Gasteiger partial charge on any atom is -0.370 e. The summed E-state index contributed by atoms with van der Waals surface area (Å²) < 4.78 is 13.2. The molecule has 0 unspecified atom stereocenters. The normalized spacial score (nSPS) is 11.1. The van der Waals surface area contributed by atoms with Gasteiger partial charge in [0, 0.05) is 23.1 Å². The van der Waals surface area contributed by atoms with Gasteiger partial charge in [-0.2, -0.15) is 0 Å². The van der Waals surface area contributed by atoms with Crippen LogP contribution in [0.1, 0.15) is 18.7 Å². The Morgan fingerprint density at radius 1 is 1.29 bits per heavy atom. The molecule has 0 atom stereocenters. The van der Waals surface area contributed by atoms with Crippen LogP contribution in [0.4, 0.5) is 4.39 Å². The van der Waals surface area contributed by atoms with Gasteiger partial charge in [0.15, 0.2) is 0 Å². The Balaban J connectivity index is 1.96. The number of nitrogens with zero attached hydrogens (tertiary/aromatic N) is 2. The second-order valence-corrected chi connectivity index (χ2v) is 7.27.